The van der Waals surface area contributed by atoms with Gasteiger partial charge in [0.15, 0.2) is 4.96 Å². The molecule has 154 valence electrons. The van der Waals surface area contributed by atoms with Gasteiger partial charge in [0.1, 0.15) is 0 Å². The Labute approximate surface area is 180 Å². The number of hydrogen-bond donors (Lipinski definition) is 0. The van der Waals surface area contributed by atoms with Crippen LogP contribution in [0.3, 0.4) is 0 Å². The van der Waals surface area contributed by atoms with E-state index in [2.05, 4.69) is 28.1 Å². The first-order valence-electron chi connectivity index (χ1n) is 10.0. The quantitative estimate of drug-likeness (QED) is 0.416. The number of amides is 1. The summed E-state index contributed by atoms with van der Waals surface area (Å²) in [4.78, 5) is 20.6. The molecule has 1 amide bonds. The number of carbonyl (C=O) groups excluding carboxylic acids is 1. The van der Waals surface area contributed by atoms with Crippen molar-refractivity contribution in [1.29, 1.82) is 0 Å². The second-order valence-electron chi connectivity index (χ2n) is 7.27. The summed E-state index contributed by atoms with van der Waals surface area (Å²) in [7, 11) is 1.66. The lowest BCUT2D eigenvalue weighted by Crippen LogP contribution is -2.35. The molecule has 2 heterocycles. The normalized spacial score (nSPS) is 11.1. The standard InChI is InChI=1S/C24H25N3O2S/c1-18-8-10-20(11-9-18)23(28)26(14-15-29-2)13-12-21-17-30-24-25-22(16-27(21)24)19-6-4-3-5-7-19/h3-11,16-17H,12-15H2,1-2H3. The van der Waals surface area contributed by atoms with E-state index in [-0.39, 0.29) is 5.91 Å². The van der Waals surface area contributed by atoms with E-state index >= 15 is 0 Å². The fourth-order valence-electron chi connectivity index (χ4n) is 3.40. The molecule has 0 bridgehead atoms. The van der Waals surface area contributed by atoms with Crippen LogP contribution in [-0.2, 0) is 11.2 Å². The Morgan fingerprint density at radius 2 is 1.87 bits per heavy atom. The van der Waals surface area contributed by atoms with Crippen LogP contribution in [-0.4, -0.2) is 47.0 Å². The van der Waals surface area contributed by atoms with Crippen molar-refractivity contribution in [2.75, 3.05) is 26.8 Å². The third-order valence-electron chi connectivity index (χ3n) is 5.14. The van der Waals surface area contributed by atoms with Gasteiger partial charge in [0.2, 0.25) is 0 Å². The summed E-state index contributed by atoms with van der Waals surface area (Å²) in [6.07, 6.45) is 2.84. The van der Waals surface area contributed by atoms with Crippen molar-refractivity contribution in [3.05, 3.63) is 83.0 Å². The Morgan fingerprint density at radius 1 is 1.10 bits per heavy atom. The number of methoxy groups -OCH3 is 1. The van der Waals surface area contributed by atoms with Crippen LogP contribution in [0.5, 0.6) is 0 Å². The number of rotatable bonds is 8. The van der Waals surface area contributed by atoms with Gasteiger partial charge in [-0.1, -0.05) is 48.0 Å². The van der Waals surface area contributed by atoms with Crippen LogP contribution in [0.2, 0.25) is 0 Å². The van der Waals surface area contributed by atoms with Crippen molar-refractivity contribution in [2.45, 2.75) is 13.3 Å². The largest absolute Gasteiger partial charge is 0.383 e. The Kier molecular flexibility index (Phi) is 6.26. The second kappa shape index (κ2) is 9.24. The van der Waals surface area contributed by atoms with Crippen LogP contribution >= 0.6 is 11.3 Å². The molecule has 0 aliphatic heterocycles. The highest BCUT2D eigenvalue weighted by molar-refractivity contribution is 7.15. The molecule has 4 aromatic rings. The number of carbonyl (C=O) groups is 1. The summed E-state index contributed by atoms with van der Waals surface area (Å²) in [5.74, 6) is 0.0362. The number of benzene rings is 2. The van der Waals surface area contributed by atoms with Gasteiger partial charge >= 0.3 is 0 Å². The molecule has 2 aromatic heterocycles. The number of fused-ring (bicyclic) bond motifs is 1. The van der Waals surface area contributed by atoms with Gasteiger partial charge in [-0.15, -0.1) is 11.3 Å². The maximum Gasteiger partial charge on any atom is 0.253 e. The maximum atomic E-state index is 13.0. The first-order chi connectivity index (χ1) is 14.7. The fraction of sp³-hybridized carbons (Fsp3) is 0.250. The molecule has 0 atom stereocenters. The van der Waals surface area contributed by atoms with Crippen molar-refractivity contribution >= 4 is 22.2 Å². The van der Waals surface area contributed by atoms with Crippen LogP contribution in [0.1, 0.15) is 21.6 Å². The zero-order valence-corrected chi connectivity index (χ0v) is 18.1. The van der Waals surface area contributed by atoms with E-state index in [4.69, 9.17) is 9.72 Å². The van der Waals surface area contributed by atoms with Crippen LogP contribution in [0.4, 0.5) is 0 Å². The van der Waals surface area contributed by atoms with Gasteiger partial charge in [-0.05, 0) is 19.1 Å². The average molecular weight is 420 g/mol. The molecule has 30 heavy (non-hydrogen) atoms. The maximum absolute atomic E-state index is 13.0. The average Bonchev–Trinajstić information content (AvgIpc) is 3.36. The summed E-state index contributed by atoms with van der Waals surface area (Å²) < 4.78 is 7.37. The Bertz CT molecular complexity index is 1120. The Morgan fingerprint density at radius 3 is 2.60 bits per heavy atom. The molecule has 0 unspecified atom stereocenters. The first-order valence-corrected chi connectivity index (χ1v) is 10.9. The van der Waals surface area contributed by atoms with Crippen molar-refractivity contribution in [3.8, 4) is 11.3 Å². The van der Waals surface area contributed by atoms with Crippen LogP contribution < -0.4 is 0 Å². The molecule has 0 aliphatic rings. The van der Waals surface area contributed by atoms with E-state index in [9.17, 15) is 4.79 Å². The zero-order valence-electron chi connectivity index (χ0n) is 17.2. The monoisotopic (exact) mass is 419 g/mol. The van der Waals surface area contributed by atoms with Gasteiger partial charge < -0.3 is 9.64 Å². The summed E-state index contributed by atoms with van der Waals surface area (Å²) in [6.45, 7) is 3.73. The smallest absolute Gasteiger partial charge is 0.253 e. The lowest BCUT2D eigenvalue weighted by atomic mass is 10.1. The lowest BCUT2D eigenvalue weighted by Gasteiger charge is -2.22. The van der Waals surface area contributed by atoms with E-state index in [0.717, 1.165) is 33.9 Å². The molecule has 6 heteroatoms. The van der Waals surface area contributed by atoms with Crippen LogP contribution in [0.15, 0.2) is 66.2 Å². The topological polar surface area (TPSA) is 46.8 Å². The number of imidazole rings is 1. The SMILES string of the molecule is COCCN(CCc1csc2nc(-c3ccccc3)cn12)C(=O)c1ccc(C)cc1. The number of aryl methyl sites for hydroxylation is 1. The molecule has 0 aliphatic carbocycles. The van der Waals surface area contributed by atoms with Crippen LogP contribution in [0, 0.1) is 6.92 Å². The van der Waals surface area contributed by atoms with Gasteiger partial charge in [0.05, 0.1) is 12.3 Å². The van der Waals surface area contributed by atoms with Crippen molar-refractivity contribution in [3.63, 3.8) is 0 Å². The van der Waals surface area contributed by atoms with Crippen LogP contribution in [0.25, 0.3) is 16.2 Å². The third-order valence-corrected chi connectivity index (χ3v) is 6.03. The minimum Gasteiger partial charge on any atom is -0.383 e. The van der Waals surface area contributed by atoms with E-state index in [1.807, 2.05) is 54.3 Å². The molecular formula is C24H25N3O2S. The molecule has 0 spiro atoms. The minimum atomic E-state index is 0.0362. The van der Waals surface area contributed by atoms with Crippen molar-refractivity contribution < 1.29 is 9.53 Å². The molecule has 0 N–H and O–H groups in total. The van der Waals surface area contributed by atoms with Gasteiger partial charge in [-0.25, -0.2) is 4.98 Å². The third kappa shape index (κ3) is 4.45. The second-order valence-corrected chi connectivity index (χ2v) is 8.11. The zero-order chi connectivity index (χ0) is 20.9. The number of hydrogen-bond acceptors (Lipinski definition) is 4. The minimum absolute atomic E-state index is 0.0362. The summed E-state index contributed by atoms with van der Waals surface area (Å²) in [5.41, 5.74) is 5.08. The molecule has 0 fully saturated rings. The van der Waals surface area contributed by atoms with E-state index < -0.39 is 0 Å². The highest BCUT2D eigenvalue weighted by atomic mass is 32.1. The lowest BCUT2D eigenvalue weighted by molar-refractivity contribution is 0.0697. The van der Waals surface area contributed by atoms with E-state index in [1.165, 1.54) is 0 Å². The molecule has 5 nitrogen and oxygen atoms in total. The molecule has 0 radical (unpaired) electrons. The predicted octanol–water partition coefficient (Wildman–Crippen LogP) is 4.70. The number of aromatic nitrogens is 2. The number of thiazole rings is 1. The van der Waals surface area contributed by atoms with Gasteiger partial charge in [-0.3, -0.25) is 9.20 Å². The summed E-state index contributed by atoms with van der Waals surface area (Å²) >= 11 is 1.63. The highest BCUT2D eigenvalue weighted by Gasteiger charge is 2.17. The molecule has 0 saturated heterocycles. The summed E-state index contributed by atoms with van der Waals surface area (Å²) in [5, 5.41) is 2.13. The van der Waals surface area contributed by atoms with Gasteiger partial charge in [-0.2, -0.15) is 0 Å². The number of nitrogens with zero attached hydrogens (tertiary/aromatic N) is 3. The Balaban J connectivity index is 1.51. The highest BCUT2D eigenvalue weighted by Crippen LogP contribution is 2.24. The van der Waals surface area contributed by atoms with E-state index in [0.29, 0.717) is 25.3 Å². The Hall–Kier alpha value is -2.96. The first kappa shape index (κ1) is 20.3. The molecule has 0 saturated carbocycles. The van der Waals surface area contributed by atoms with Gasteiger partial charge in [0.25, 0.3) is 5.91 Å². The molecular weight excluding hydrogens is 394 g/mol. The van der Waals surface area contributed by atoms with Crippen molar-refractivity contribution in [1.82, 2.24) is 14.3 Å². The van der Waals surface area contributed by atoms with Crippen molar-refractivity contribution in [2.24, 2.45) is 0 Å². The van der Waals surface area contributed by atoms with Gasteiger partial charge in [0, 0.05) is 55.0 Å². The molecule has 4 rings (SSSR count). The van der Waals surface area contributed by atoms with E-state index in [1.54, 1.807) is 18.4 Å². The molecule has 2 aromatic carbocycles. The number of ether oxygens (including phenoxy) is 1. The fourth-order valence-corrected chi connectivity index (χ4v) is 4.31. The summed E-state index contributed by atoms with van der Waals surface area (Å²) in [6, 6.07) is 17.9. The predicted molar refractivity (Wildman–Crippen MR) is 121 cm³/mol.